The van der Waals surface area contributed by atoms with Gasteiger partial charge in [0.15, 0.2) is 0 Å². The lowest BCUT2D eigenvalue weighted by molar-refractivity contribution is -0.111. The first-order chi connectivity index (χ1) is 10.7. The van der Waals surface area contributed by atoms with E-state index in [0.29, 0.717) is 0 Å². The van der Waals surface area contributed by atoms with Gasteiger partial charge in [0.05, 0.1) is 11.2 Å². The minimum Gasteiger partial charge on any atom is -0.322 e. The highest BCUT2D eigenvalue weighted by Crippen LogP contribution is 2.22. The average molecular weight is 288 g/mol. The molecule has 0 atom stereocenters. The van der Waals surface area contributed by atoms with Crippen molar-refractivity contribution in [3.8, 4) is 0 Å². The fraction of sp³-hybridized carbons (Fsp3) is 0.0526. The first-order valence-electron chi connectivity index (χ1n) is 7.13. The van der Waals surface area contributed by atoms with Crippen molar-refractivity contribution in [2.24, 2.45) is 0 Å². The van der Waals surface area contributed by atoms with Gasteiger partial charge in [0, 0.05) is 17.2 Å². The highest BCUT2D eigenvalue weighted by atomic mass is 16.1. The molecular formula is C19H16N2O. The van der Waals surface area contributed by atoms with Crippen molar-refractivity contribution in [1.29, 1.82) is 0 Å². The molecule has 0 bridgehead atoms. The van der Waals surface area contributed by atoms with Crippen LogP contribution in [-0.2, 0) is 4.79 Å². The summed E-state index contributed by atoms with van der Waals surface area (Å²) in [6.07, 6.45) is 3.33. The van der Waals surface area contributed by atoms with E-state index in [2.05, 4.69) is 10.3 Å². The number of hydrogen-bond donors (Lipinski definition) is 1. The molecule has 1 heterocycles. The van der Waals surface area contributed by atoms with E-state index < -0.39 is 0 Å². The van der Waals surface area contributed by atoms with Gasteiger partial charge in [-0.3, -0.25) is 9.78 Å². The van der Waals surface area contributed by atoms with Crippen LogP contribution < -0.4 is 5.32 Å². The number of rotatable bonds is 3. The summed E-state index contributed by atoms with van der Waals surface area (Å²) in [6, 6.07) is 19.4. The maximum Gasteiger partial charge on any atom is 0.248 e. The normalized spacial score (nSPS) is 11.0. The van der Waals surface area contributed by atoms with E-state index >= 15 is 0 Å². The Kier molecular flexibility index (Phi) is 3.97. The van der Waals surface area contributed by atoms with Crippen molar-refractivity contribution in [3.63, 3.8) is 0 Å². The Labute approximate surface area is 129 Å². The molecule has 3 aromatic rings. The van der Waals surface area contributed by atoms with E-state index in [4.69, 9.17) is 0 Å². The standard InChI is InChI=1S/C19H16N2O/c1-14-10-12-16-17(20-14)8-5-9-18(16)21-19(22)13-11-15-6-3-2-4-7-15/h2-13H,1H3,(H,21,22). The Morgan fingerprint density at radius 3 is 2.64 bits per heavy atom. The van der Waals surface area contributed by atoms with Crippen molar-refractivity contribution in [2.75, 3.05) is 5.32 Å². The average Bonchev–Trinajstić information content (AvgIpc) is 2.54. The predicted molar refractivity (Wildman–Crippen MR) is 90.6 cm³/mol. The highest BCUT2D eigenvalue weighted by molar-refractivity contribution is 6.06. The molecule has 3 nitrogen and oxygen atoms in total. The van der Waals surface area contributed by atoms with Gasteiger partial charge in [0.2, 0.25) is 5.91 Å². The molecule has 0 aliphatic carbocycles. The third kappa shape index (κ3) is 3.20. The van der Waals surface area contributed by atoms with Crippen molar-refractivity contribution in [2.45, 2.75) is 6.92 Å². The van der Waals surface area contributed by atoms with Crippen molar-refractivity contribution < 1.29 is 4.79 Å². The van der Waals surface area contributed by atoms with Gasteiger partial charge in [0.25, 0.3) is 0 Å². The number of nitrogens with one attached hydrogen (secondary N) is 1. The van der Waals surface area contributed by atoms with E-state index in [1.54, 1.807) is 6.08 Å². The van der Waals surface area contributed by atoms with Crippen LogP contribution in [0.3, 0.4) is 0 Å². The minimum absolute atomic E-state index is 0.156. The van der Waals surface area contributed by atoms with Gasteiger partial charge in [-0.05, 0) is 42.8 Å². The molecule has 1 aromatic heterocycles. The third-order valence-corrected chi connectivity index (χ3v) is 3.36. The molecule has 0 radical (unpaired) electrons. The topological polar surface area (TPSA) is 42.0 Å². The number of pyridine rings is 1. The van der Waals surface area contributed by atoms with Crippen molar-refractivity contribution in [1.82, 2.24) is 4.98 Å². The summed E-state index contributed by atoms with van der Waals surface area (Å²) in [5.41, 5.74) is 3.60. The largest absolute Gasteiger partial charge is 0.322 e. The summed E-state index contributed by atoms with van der Waals surface area (Å²) in [4.78, 5) is 16.5. The van der Waals surface area contributed by atoms with Crippen LogP contribution in [0, 0.1) is 6.92 Å². The fourth-order valence-corrected chi connectivity index (χ4v) is 2.28. The second kappa shape index (κ2) is 6.22. The van der Waals surface area contributed by atoms with Crippen LogP contribution in [0.15, 0.2) is 66.7 Å². The molecule has 3 rings (SSSR count). The summed E-state index contributed by atoms with van der Waals surface area (Å²) in [5, 5.41) is 3.85. The first kappa shape index (κ1) is 14.0. The number of amides is 1. The van der Waals surface area contributed by atoms with Crippen LogP contribution in [0.5, 0.6) is 0 Å². The second-order valence-corrected chi connectivity index (χ2v) is 5.06. The zero-order valence-corrected chi connectivity index (χ0v) is 12.3. The maximum absolute atomic E-state index is 12.1. The summed E-state index contributed by atoms with van der Waals surface area (Å²) < 4.78 is 0. The smallest absolute Gasteiger partial charge is 0.248 e. The molecule has 3 heteroatoms. The van der Waals surface area contributed by atoms with Crippen molar-refractivity contribution in [3.05, 3.63) is 78.0 Å². The van der Waals surface area contributed by atoms with Crippen LogP contribution in [0.4, 0.5) is 5.69 Å². The second-order valence-electron chi connectivity index (χ2n) is 5.06. The van der Waals surface area contributed by atoms with Gasteiger partial charge in [-0.2, -0.15) is 0 Å². The summed E-state index contributed by atoms with van der Waals surface area (Å²) in [7, 11) is 0. The molecule has 0 aliphatic rings. The predicted octanol–water partition coefficient (Wildman–Crippen LogP) is 4.20. The van der Waals surface area contributed by atoms with Crippen LogP contribution in [0.2, 0.25) is 0 Å². The molecule has 0 saturated heterocycles. The number of aryl methyl sites for hydroxylation is 1. The number of fused-ring (bicyclic) bond motifs is 1. The van der Waals surface area contributed by atoms with E-state index in [1.807, 2.05) is 67.6 Å². The minimum atomic E-state index is -0.156. The van der Waals surface area contributed by atoms with Gasteiger partial charge in [-0.15, -0.1) is 0 Å². The zero-order chi connectivity index (χ0) is 15.4. The van der Waals surface area contributed by atoms with E-state index in [-0.39, 0.29) is 5.91 Å². The molecule has 1 N–H and O–H groups in total. The van der Waals surface area contributed by atoms with E-state index in [0.717, 1.165) is 27.8 Å². The number of carbonyl (C=O) groups is 1. The summed E-state index contributed by atoms with van der Waals surface area (Å²) in [6.45, 7) is 1.95. The SMILES string of the molecule is Cc1ccc2c(NC(=O)C=Cc3ccccc3)cccc2n1. The monoisotopic (exact) mass is 288 g/mol. The summed E-state index contributed by atoms with van der Waals surface area (Å²) in [5.74, 6) is -0.156. The molecule has 0 fully saturated rings. The third-order valence-electron chi connectivity index (χ3n) is 3.36. The molecule has 108 valence electrons. The Balaban J connectivity index is 1.81. The Morgan fingerprint density at radius 1 is 1.00 bits per heavy atom. The van der Waals surface area contributed by atoms with E-state index in [1.165, 1.54) is 6.08 Å². The lowest BCUT2D eigenvalue weighted by Crippen LogP contribution is -2.08. The number of benzene rings is 2. The van der Waals surface area contributed by atoms with Crippen molar-refractivity contribution >= 4 is 28.6 Å². The van der Waals surface area contributed by atoms with Gasteiger partial charge in [0.1, 0.15) is 0 Å². The van der Waals surface area contributed by atoms with Crippen LogP contribution >= 0.6 is 0 Å². The van der Waals surface area contributed by atoms with Gasteiger partial charge < -0.3 is 5.32 Å². The van der Waals surface area contributed by atoms with Crippen LogP contribution in [0.25, 0.3) is 17.0 Å². The van der Waals surface area contributed by atoms with Crippen LogP contribution in [0.1, 0.15) is 11.3 Å². The molecule has 0 unspecified atom stereocenters. The Hall–Kier alpha value is -2.94. The molecular weight excluding hydrogens is 272 g/mol. The fourth-order valence-electron chi connectivity index (χ4n) is 2.28. The lowest BCUT2D eigenvalue weighted by Gasteiger charge is -2.07. The Bertz CT molecular complexity index is 838. The number of anilines is 1. The van der Waals surface area contributed by atoms with Gasteiger partial charge in [-0.1, -0.05) is 36.4 Å². The van der Waals surface area contributed by atoms with Crippen LogP contribution in [-0.4, -0.2) is 10.9 Å². The number of hydrogen-bond acceptors (Lipinski definition) is 2. The molecule has 0 spiro atoms. The molecule has 0 aliphatic heterocycles. The quantitative estimate of drug-likeness (QED) is 0.734. The van der Waals surface area contributed by atoms with Gasteiger partial charge >= 0.3 is 0 Å². The molecule has 22 heavy (non-hydrogen) atoms. The van der Waals surface area contributed by atoms with Gasteiger partial charge in [-0.25, -0.2) is 0 Å². The highest BCUT2D eigenvalue weighted by Gasteiger charge is 2.04. The summed E-state index contributed by atoms with van der Waals surface area (Å²) >= 11 is 0. The Morgan fingerprint density at radius 2 is 1.82 bits per heavy atom. The zero-order valence-electron chi connectivity index (χ0n) is 12.3. The number of aromatic nitrogens is 1. The van der Waals surface area contributed by atoms with E-state index in [9.17, 15) is 4.79 Å². The lowest BCUT2D eigenvalue weighted by atomic mass is 10.1. The number of nitrogens with zero attached hydrogens (tertiary/aromatic N) is 1. The molecule has 2 aromatic carbocycles. The first-order valence-corrected chi connectivity index (χ1v) is 7.13. The molecule has 0 saturated carbocycles. The maximum atomic E-state index is 12.1. The number of carbonyl (C=O) groups excluding carboxylic acids is 1. The molecule has 1 amide bonds.